The van der Waals surface area contributed by atoms with Crippen LogP contribution in [0.3, 0.4) is 0 Å². The maximum Gasteiger partial charge on any atom is 0.233 e. The summed E-state index contributed by atoms with van der Waals surface area (Å²) in [6.45, 7) is 2.57. The van der Waals surface area contributed by atoms with Gasteiger partial charge in [-0.05, 0) is 19.4 Å². The summed E-state index contributed by atoms with van der Waals surface area (Å²) >= 11 is 0. The fraction of sp³-hybridized carbons (Fsp3) is 0.727. The smallest absolute Gasteiger partial charge is 0.233 e. The van der Waals surface area contributed by atoms with E-state index in [0.29, 0.717) is 13.2 Å². The molecular weight excluding hydrogens is 234 g/mol. The van der Waals surface area contributed by atoms with Gasteiger partial charge in [-0.25, -0.2) is 4.98 Å². The van der Waals surface area contributed by atoms with E-state index in [1.54, 1.807) is 7.05 Å². The molecule has 0 aromatic carbocycles. The monoisotopic (exact) mass is 255 g/mol. The van der Waals surface area contributed by atoms with Crippen molar-refractivity contribution in [3.63, 3.8) is 0 Å². The molecule has 7 nitrogen and oxygen atoms in total. The Hall–Kier alpha value is -1.47. The van der Waals surface area contributed by atoms with E-state index >= 15 is 0 Å². The van der Waals surface area contributed by atoms with Crippen LogP contribution in [-0.4, -0.2) is 54.4 Å². The summed E-state index contributed by atoms with van der Waals surface area (Å²) in [7, 11) is 1.63. The van der Waals surface area contributed by atoms with E-state index < -0.39 is 0 Å². The van der Waals surface area contributed by atoms with Crippen molar-refractivity contribution in [2.45, 2.75) is 19.3 Å². The van der Waals surface area contributed by atoms with Gasteiger partial charge in [-0.15, -0.1) is 0 Å². The van der Waals surface area contributed by atoms with Gasteiger partial charge in [0.2, 0.25) is 5.91 Å². The van der Waals surface area contributed by atoms with Crippen LogP contribution < -0.4 is 10.6 Å². The molecule has 0 saturated carbocycles. The van der Waals surface area contributed by atoms with E-state index in [-0.39, 0.29) is 5.91 Å². The number of aryl methyl sites for hydroxylation is 1. The second kappa shape index (κ2) is 9.55. The number of carbonyl (C=O) groups is 1. The molecule has 0 radical (unpaired) electrons. The van der Waals surface area contributed by atoms with E-state index in [9.17, 15) is 4.79 Å². The van der Waals surface area contributed by atoms with E-state index in [0.717, 1.165) is 38.2 Å². The zero-order valence-electron chi connectivity index (χ0n) is 10.7. The third kappa shape index (κ3) is 6.97. The Morgan fingerprint density at radius 3 is 3.00 bits per heavy atom. The predicted molar refractivity (Wildman–Crippen MR) is 67.1 cm³/mol. The van der Waals surface area contributed by atoms with Gasteiger partial charge in [0, 0.05) is 26.7 Å². The van der Waals surface area contributed by atoms with Crippen molar-refractivity contribution in [2.24, 2.45) is 0 Å². The van der Waals surface area contributed by atoms with Gasteiger partial charge in [-0.1, -0.05) is 0 Å². The van der Waals surface area contributed by atoms with Crippen molar-refractivity contribution >= 4 is 5.91 Å². The molecule has 0 aliphatic heterocycles. The first-order chi connectivity index (χ1) is 8.83. The van der Waals surface area contributed by atoms with E-state index in [1.165, 1.54) is 6.33 Å². The third-order valence-corrected chi connectivity index (χ3v) is 2.37. The summed E-state index contributed by atoms with van der Waals surface area (Å²) in [5.41, 5.74) is 0. The summed E-state index contributed by atoms with van der Waals surface area (Å²) in [5, 5.41) is 12.2. The molecule has 1 amide bonds. The summed E-state index contributed by atoms with van der Waals surface area (Å²) in [6.07, 6.45) is 4.20. The molecule has 0 aliphatic carbocycles. The third-order valence-electron chi connectivity index (χ3n) is 2.37. The highest BCUT2D eigenvalue weighted by molar-refractivity contribution is 5.77. The molecule has 1 aromatic rings. The van der Waals surface area contributed by atoms with Gasteiger partial charge in [0.1, 0.15) is 12.2 Å². The first kappa shape index (κ1) is 14.6. The lowest BCUT2D eigenvalue weighted by atomic mass is 10.3. The van der Waals surface area contributed by atoms with Gasteiger partial charge in [0.25, 0.3) is 0 Å². The van der Waals surface area contributed by atoms with Crippen molar-refractivity contribution in [1.29, 1.82) is 0 Å². The van der Waals surface area contributed by atoms with Crippen LogP contribution in [0, 0.1) is 0 Å². The molecule has 18 heavy (non-hydrogen) atoms. The van der Waals surface area contributed by atoms with Gasteiger partial charge < -0.3 is 15.4 Å². The fourth-order valence-corrected chi connectivity index (χ4v) is 1.38. The Balaban J connectivity index is 1.80. The molecule has 1 aromatic heterocycles. The first-order valence-electron chi connectivity index (χ1n) is 6.16. The normalized spacial score (nSPS) is 10.5. The van der Waals surface area contributed by atoms with Crippen LogP contribution in [-0.2, 0) is 16.0 Å². The SMILES string of the molecule is CNC(=O)CNCCCOCCCc1ncn[nH]1. The Morgan fingerprint density at radius 1 is 1.44 bits per heavy atom. The number of rotatable bonds is 10. The molecule has 0 atom stereocenters. The average molecular weight is 255 g/mol. The summed E-state index contributed by atoms with van der Waals surface area (Å²) in [5.74, 6) is 0.897. The number of H-pyrrole nitrogens is 1. The van der Waals surface area contributed by atoms with Crippen molar-refractivity contribution in [3.8, 4) is 0 Å². The number of hydrogen-bond acceptors (Lipinski definition) is 5. The molecule has 0 bridgehead atoms. The standard InChI is InChI=1S/C11H21N5O2/c1-12-11(17)8-13-5-3-7-18-6-2-4-10-14-9-15-16-10/h9,13H,2-8H2,1H3,(H,12,17)(H,14,15,16). The lowest BCUT2D eigenvalue weighted by Gasteiger charge is -2.05. The van der Waals surface area contributed by atoms with Crippen LogP contribution >= 0.6 is 0 Å². The number of ether oxygens (including phenoxy) is 1. The van der Waals surface area contributed by atoms with Gasteiger partial charge in [-0.2, -0.15) is 5.10 Å². The lowest BCUT2D eigenvalue weighted by molar-refractivity contribution is -0.119. The van der Waals surface area contributed by atoms with Crippen molar-refractivity contribution in [3.05, 3.63) is 12.2 Å². The van der Waals surface area contributed by atoms with Crippen molar-refractivity contribution < 1.29 is 9.53 Å². The Morgan fingerprint density at radius 2 is 2.28 bits per heavy atom. The molecule has 0 aliphatic rings. The van der Waals surface area contributed by atoms with Crippen molar-refractivity contribution in [2.75, 3.05) is 33.4 Å². The van der Waals surface area contributed by atoms with Crippen LogP contribution in [0.15, 0.2) is 6.33 Å². The highest BCUT2D eigenvalue weighted by Crippen LogP contribution is 1.94. The zero-order valence-corrected chi connectivity index (χ0v) is 10.7. The minimum absolute atomic E-state index is 0.00276. The number of carbonyl (C=O) groups excluding carboxylic acids is 1. The molecule has 0 spiro atoms. The van der Waals surface area contributed by atoms with Gasteiger partial charge in [0.15, 0.2) is 0 Å². The number of aromatic nitrogens is 3. The summed E-state index contributed by atoms with van der Waals surface area (Å²) in [6, 6.07) is 0. The van der Waals surface area contributed by atoms with Crippen LogP contribution in [0.1, 0.15) is 18.7 Å². The lowest BCUT2D eigenvalue weighted by Crippen LogP contribution is -2.32. The number of amides is 1. The Kier molecular flexibility index (Phi) is 7.74. The predicted octanol–water partition coefficient (Wildman–Crippen LogP) is -0.520. The molecule has 3 N–H and O–H groups in total. The van der Waals surface area contributed by atoms with Gasteiger partial charge in [-0.3, -0.25) is 9.89 Å². The van der Waals surface area contributed by atoms with E-state index in [1.807, 2.05) is 0 Å². The van der Waals surface area contributed by atoms with Crippen LogP contribution in [0.4, 0.5) is 0 Å². The summed E-state index contributed by atoms with van der Waals surface area (Å²) in [4.78, 5) is 14.9. The topological polar surface area (TPSA) is 91.9 Å². The quantitative estimate of drug-likeness (QED) is 0.489. The Labute approximate surface area is 107 Å². The zero-order chi connectivity index (χ0) is 13.1. The molecule has 1 rings (SSSR count). The number of likely N-dealkylation sites (N-methyl/N-ethyl adjacent to an activating group) is 1. The molecular formula is C11H21N5O2. The number of hydrogen-bond donors (Lipinski definition) is 3. The first-order valence-corrected chi connectivity index (χ1v) is 6.16. The van der Waals surface area contributed by atoms with E-state index in [2.05, 4.69) is 25.8 Å². The number of nitrogens with zero attached hydrogens (tertiary/aromatic N) is 2. The second-order valence-electron chi connectivity index (χ2n) is 3.85. The highest BCUT2D eigenvalue weighted by atomic mass is 16.5. The number of aromatic amines is 1. The molecule has 0 unspecified atom stereocenters. The maximum atomic E-state index is 10.9. The van der Waals surface area contributed by atoms with E-state index in [4.69, 9.17) is 4.74 Å². The van der Waals surface area contributed by atoms with Crippen LogP contribution in [0.2, 0.25) is 0 Å². The molecule has 0 saturated heterocycles. The average Bonchev–Trinajstić information content (AvgIpc) is 2.89. The fourth-order valence-electron chi connectivity index (χ4n) is 1.38. The molecule has 7 heteroatoms. The highest BCUT2D eigenvalue weighted by Gasteiger charge is 1.97. The van der Waals surface area contributed by atoms with Crippen LogP contribution in [0.25, 0.3) is 0 Å². The van der Waals surface area contributed by atoms with Gasteiger partial charge in [0.05, 0.1) is 6.54 Å². The minimum Gasteiger partial charge on any atom is -0.381 e. The largest absolute Gasteiger partial charge is 0.381 e. The molecule has 0 fully saturated rings. The molecule has 1 heterocycles. The van der Waals surface area contributed by atoms with Gasteiger partial charge >= 0.3 is 0 Å². The summed E-state index contributed by atoms with van der Waals surface area (Å²) < 4.78 is 5.46. The van der Waals surface area contributed by atoms with Crippen LogP contribution in [0.5, 0.6) is 0 Å². The second-order valence-corrected chi connectivity index (χ2v) is 3.85. The Bertz CT molecular complexity index is 315. The molecule has 102 valence electrons. The van der Waals surface area contributed by atoms with Crippen molar-refractivity contribution in [1.82, 2.24) is 25.8 Å². The maximum absolute atomic E-state index is 10.9. The minimum atomic E-state index is 0.00276. The number of nitrogens with one attached hydrogen (secondary N) is 3.